The molecular formula is C23H24ClN5O5S2. The third-order valence-corrected chi connectivity index (χ3v) is 9.36. The van der Waals surface area contributed by atoms with Crippen molar-refractivity contribution < 1.29 is 22.7 Å². The van der Waals surface area contributed by atoms with Crippen LogP contribution in [0, 0.1) is 0 Å². The van der Waals surface area contributed by atoms with Crippen LogP contribution in [0.25, 0.3) is 0 Å². The second-order valence-electron chi connectivity index (χ2n) is 8.60. The zero-order chi connectivity index (χ0) is 25.3. The van der Waals surface area contributed by atoms with E-state index in [2.05, 4.69) is 10.1 Å². The highest BCUT2D eigenvalue weighted by atomic mass is 35.5. The highest BCUT2D eigenvalue weighted by Crippen LogP contribution is 2.31. The van der Waals surface area contributed by atoms with Gasteiger partial charge in [0.05, 0.1) is 4.34 Å². The summed E-state index contributed by atoms with van der Waals surface area (Å²) >= 11 is 7.36. The average Bonchev–Trinajstić information content (AvgIpc) is 3.64. The Morgan fingerprint density at radius 1 is 1.11 bits per heavy atom. The number of halogens is 1. The number of carbonyl (C=O) groups is 2. The zero-order valence-electron chi connectivity index (χ0n) is 19.2. The molecule has 36 heavy (non-hydrogen) atoms. The number of thiophene rings is 1. The fourth-order valence-corrected chi connectivity index (χ4v) is 6.98. The third-order valence-electron chi connectivity index (χ3n) is 6.19. The summed E-state index contributed by atoms with van der Waals surface area (Å²) in [6, 6.07) is 12.2. The SMILES string of the molecule is O=C1CC(c2nc(OCc3ccc(Cl)s3)n(C(=O)c3ccccc3)n2)CCN1S(=O)(=O)N1CCCC1. The van der Waals surface area contributed by atoms with Crippen molar-refractivity contribution in [3.63, 3.8) is 0 Å². The van der Waals surface area contributed by atoms with Crippen LogP contribution in [0.1, 0.15) is 52.7 Å². The monoisotopic (exact) mass is 549 g/mol. The minimum atomic E-state index is -3.82. The summed E-state index contributed by atoms with van der Waals surface area (Å²) in [6.45, 7) is 1.04. The quantitative estimate of drug-likeness (QED) is 0.444. The van der Waals surface area contributed by atoms with E-state index in [0.717, 1.165) is 26.7 Å². The van der Waals surface area contributed by atoms with Gasteiger partial charge in [-0.2, -0.15) is 17.7 Å². The van der Waals surface area contributed by atoms with Gasteiger partial charge in [-0.15, -0.1) is 21.1 Å². The Morgan fingerprint density at radius 2 is 1.86 bits per heavy atom. The summed E-state index contributed by atoms with van der Waals surface area (Å²) in [5.41, 5.74) is 0.403. The molecule has 4 heterocycles. The highest BCUT2D eigenvalue weighted by Gasteiger charge is 2.40. The molecule has 0 bridgehead atoms. The first-order chi connectivity index (χ1) is 17.3. The van der Waals surface area contributed by atoms with Crippen molar-refractivity contribution in [2.45, 2.75) is 38.2 Å². The van der Waals surface area contributed by atoms with Gasteiger partial charge in [0.2, 0.25) is 5.91 Å². The second kappa shape index (κ2) is 10.3. The van der Waals surface area contributed by atoms with Crippen molar-refractivity contribution in [3.05, 3.63) is 63.1 Å². The molecule has 13 heteroatoms. The lowest BCUT2D eigenvalue weighted by Gasteiger charge is -2.32. The Balaban J connectivity index is 1.37. The van der Waals surface area contributed by atoms with Gasteiger partial charge in [-0.1, -0.05) is 29.8 Å². The van der Waals surface area contributed by atoms with Gasteiger partial charge in [0.1, 0.15) is 6.61 Å². The largest absolute Gasteiger partial charge is 0.458 e. The Kier molecular flexibility index (Phi) is 7.11. The van der Waals surface area contributed by atoms with E-state index in [-0.39, 0.29) is 31.4 Å². The molecule has 2 aliphatic heterocycles. The number of hydrogen-bond acceptors (Lipinski definition) is 8. The summed E-state index contributed by atoms with van der Waals surface area (Å²) < 4.78 is 35.7. The predicted molar refractivity (Wildman–Crippen MR) is 133 cm³/mol. The fraction of sp³-hybridized carbons (Fsp3) is 0.391. The van der Waals surface area contributed by atoms with Gasteiger partial charge in [0.15, 0.2) is 5.82 Å². The number of rotatable bonds is 7. The zero-order valence-corrected chi connectivity index (χ0v) is 21.6. The van der Waals surface area contributed by atoms with Crippen LogP contribution in [0.2, 0.25) is 4.34 Å². The minimum Gasteiger partial charge on any atom is -0.458 e. The van der Waals surface area contributed by atoms with Crippen molar-refractivity contribution >= 4 is 45.0 Å². The molecule has 2 fully saturated rings. The molecule has 5 rings (SSSR count). The molecule has 1 amide bonds. The van der Waals surface area contributed by atoms with Gasteiger partial charge in [-0.3, -0.25) is 9.59 Å². The van der Waals surface area contributed by atoms with Gasteiger partial charge in [0, 0.05) is 42.4 Å². The molecule has 0 saturated carbocycles. The van der Waals surface area contributed by atoms with Crippen LogP contribution in [0.3, 0.4) is 0 Å². The van der Waals surface area contributed by atoms with Crippen LogP contribution in [0.5, 0.6) is 6.01 Å². The van der Waals surface area contributed by atoms with Crippen molar-refractivity contribution in [2.75, 3.05) is 19.6 Å². The van der Waals surface area contributed by atoms with E-state index >= 15 is 0 Å². The number of aromatic nitrogens is 3. The molecule has 2 aliphatic rings. The van der Waals surface area contributed by atoms with Crippen molar-refractivity contribution in [1.82, 2.24) is 23.4 Å². The maximum atomic E-state index is 13.2. The number of ether oxygens (including phenoxy) is 1. The molecule has 1 unspecified atom stereocenters. The molecule has 0 N–H and O–H groups in total. The molecule has 0 radical (unpaired) electrons. The standard InChI is InChI=1S/C23H24ClN5O5S2/c24-19-9-8-18(35-19)15-34-23-25-21(26-29(23)22(31)16-6-2-1-3-7-16)17-10-13-28(20(30)14-17)36(32,33)27-11-4-5-12-27/h1-3,6-9,17H,4-5,10-15H2. The molecule has 1 aromatic carbocycles. The Bertz CT molecular complexity index is 1370. The maximum absolute atomic E-state index is 13.2. The summed E-state index contributed by atoms with van der Waals surface area (Å²) in [6.07, 6.45) is 1.86. The van der Waals surface area contributed by atoms with Crippen LogP contribution in [0.15, 0.2) is 42.5 Å². The van der Waals surface area contributed by atoms with Crippen molar-refractivity contribution in [2.24, 2.45) is 0 Å². The van der Waals surface area contributed by atoms with E-state index in [1.54, 1.807) is 36.4 Å². The van der Waals surface area contributed by atoms with Crippen LogP contribution >= 0.6 is 22.9 Å². The van der Waals surface area contributed by atoms with Crippen molar-refractivity contribution in [1.29, 1.82) is 0 Å². The minimum absolute atomic E-state index is 0.00272. The summed E-state index contributed by atoms with van der Waals surface area (Å²) in [5.74, 6) is -1.09. The van der Waals surface area contributed by atoms with E-state index in [0.29, 0.717) is 29.4 Å². The number of benzene rings is 1. The van der Waals surface area contributed by atoms with Gasteiger partial charge in [-0.05, 0) is 43.5 Å². The molecule has 0 aliphatic carbocycles. The normalized spacial score (nSPS) is 19.1. The molecule has 2 aromatic heterocycles. The first-order valence-electron chi connectivity index (χ1n) is 11.6. The van der Waals surface area contributed by atoms with E-state index in [1.165, 1.54) is 15.6 Å². The Labute approximate surface area is 217 Å². The molecule has 190 valence electrons. The number of amides is 1. The van der Waals surface area contributed by atoms with Crippen molar-refractivity contribution in [3.8, 4) is 6.01 Å². The highest BCUT2D eigenvalue weighted by molar-refractivity contribution is 7.87. The van der Waals surface area contributed by atoms with E-state index in [1.807, 2.05) is 6.07 Å². The fourth-order valence-electron chi connectivity index (χ4n) is 4.31. The third kappa shape index (κ3) is 5.03. The first-order valence-corrected chi connectivity index (χ1v) is 14.2. The topological polar surface area (TPSA) is 115 Å². The van der Waals surface area contributed by atoms with Gasteiger partial charge < -0.3 is 4.74 Å². The lowest BCUT2D eigenvalue weighted by atomic mass is 9.97. The predicted octanol–water partition coefficient (Wildman–Crippen LogP) is 3.31. The molecule has 2 saturated heterocycles. The summed E-state index contributed by atoms with van der Waals surface area (Å²) in [7, 11) is -3.82. The number of carbonyl (C=O) groups excluding carboxylic acids is 2. The molecule has 3 aromatic rings. The molecule has 0 spiro atoms. The van der Waals surface area contributed by atoms with E-state index in [4.69, 9.17) is 16.3 Å². The van der Waals surface area contributed by atoms with Gasteiger partial charge in [0.25, 0.3) is 5.91 Å². The smallest absolute Gasteiger partial charge is 0.323 e. The molecule has 10 nitrogen and oxygen atoms in total. The number of piperidine rings is 1. The summed E-state index contributed by atoms with van der Waals surface area (Å²) in [4.78, 5) is 31.4. The summed E-state index contributed by atoms with van der Waals surface area (Å²) in [5, 5.41) is 4.40. The second-order valence-corrected chi connectivity index (χ2v) is 12.3. The van der Waals surface area contributed by atoms with Crippen LogP contribution in [-0.4, -0.2) is 63.2 Å². The maximum Gasteiger partial charge on any atom is 0.323 e. The number of nitrogens with zero attached hydrogens (tertiary/aromatic N) is 5. The van der Waals surface area contributed by atoms with Crippen LogP contribution < -0.4 is 4.74 Å². The Morgan fingerprint density at radius 3 is 2.53 bits per heavy atom. The molecular weight excluding hydrogens is 526 g/mol. The van der Waals surface area contributed by atoms with Gasteiger partial charge in [-0.25, -0.2) is 4.31 Å². The lowest BCUT2D eigenvalue weighted by molar-refractivity contribution is -0.128. The van der Waals surface area contributed by atoms with Crippen LogP contribution in [0.4, 0.5) is 0 Å². The lowest BCUT2D eigenvalue weighted by Crippen LogP contribution is -2.48. The van der Waals surface area contributed by atoms with E-state index < -0.39 is 27.9 Å². The van der Waals surface area contributed by atoms with Gasteiger partial charge >= 0.3 is 16.2 Å². The molecule has 1 atom stereocenters. The first kappa shape index (κ1) is 24.9. The van der Waals surface area contributed by atoms with Crippen LogP contribution in [-0.2, 0) is 21.6 Å². The number of hydrogen-bond donors (Lipinski definition) is 0. The van der Waals surface area contributed by atoms with E-state index in [9.17, 15) is 18.0 Å². The average molecular weight is 550 g/mol. The Hall–Kier alpha value is -2.80.